The van der Waals surface area contributed by atoms with Gasteiger partial charge in [-0.15, -0.1) is 0 Å². The molecule has 0 aromatic heterocycles. The Morgan fingerprint density at radius 3 is 2.06 bits per heavy atom. The molecule has 4 heteroatoms. The van der Waals surface area contributed by atoms with Crippen molar-refractivity contribution in [2.24, 2.45) is 0 Å². The van der Waals surface area contributed by atoms with Gasteiger partial charge < -0.3 is 9.47 Å². The Hall–Kier alpha value is -1.58. The molecule has 0 rings (SSSR count). The van der Waals surface area contributed by atoms with E-state index in [0.29, 0.717) is 0 Å². The average molecular weight is 226 g/mol. The second-order valence-electron chi connectivity index (χ2n) is 4.23. The third-order valence-corrected chi connectivity index (χ3v) is 1.46. The van der Waals surface area contributed by atoms with E-state index in [-0.39, 0.29) is 11.3 Å². The van der Waals surface area contributed by atoms with Crippen LogP contribution in [0.4, 0.5) is 0 Å². The second-order valence-corrected chi connectivity index (χ2v) is 4.23. The molecule has 0 bridgehead atoms. The van der Waals surface area contributed by atoms with Crippen molar-refractivity contribution in [2.75, 3.05) is 0 Å². The molecule has 4 nitrogen and oxygen atoms in total. The minimum atomic E-state index is -0.602. The molecule has 0 N–H and O–H groups in total. The number of ether oxygens (including phenoxy) is 2. The zero-order valence-electron chi connectivity index (χ0n) is 10.4. The molecule has 0 atom stereocenters. The highest BCUT2D eigenvalue weighted by atomic mass is 16.6. The lowest BCUT2D eigenvalue weighted by atomic mass is 10.2. The van der Waals surface area contributed by atoms with E-state index in [1.807, 2.05) is 0 Å². The highest BCUT2D eigenvalue weighted by Gasteiger charge is 2.22. The van der Waals surface area contributed by atoms with E-state index >= 15 is 0 Å². The van der Waals surface area contributed by atoms with Crippen molar-refractivity contribution in [3.8, 4) is 0 Å². The van der Waals surface area contributed by atoms with E-state index in [2.05, 4.69) is 6.58 Å². The van der Waals surface area contributed by atoms with E-state index in [9.17, 15) is 9.59 Å². The predicted octanol–water partition coefficient (Wildman–Crippen LogP) is 2.35. The van der Waals surface area contributed by atoms with E-state index in [1.54, 1.807) is 27.7 Å². The van der Waals surface area contributed by atoms with Crippen LogP contribution in [0.2, 0.25) is 0 Å². The van der Waals surface area contributed by atoms with E-state index < -0.39 is 17.5 Å². The molecule has 0 aromatic carbocycles. The molecular weight excluding hydrogens is 208 g/mol. The molecule has 0 radical (unpaired) electrons. The monoisotopic (exact) mass is 226 g/mol. The molecule has 0 aliphatic carbocycles. The first-order valence-electron chi connectivity index (χ1n) is 4.94. The standard InChI is InChI=1S/C12H18O4/c1-7-10(15-9(3)13)8(2)11(14)16-12(4,5)6/h7H,2H2,1,3-6H3. The van der Waals surface area contributed by atoms with Gasteiger partial charge in [0.15, 0.2) is 0 Å². The summed E-state index contributed by atoms with van der Waals surface area (Å²) in [6, 6.07) is 0. The second kappa shape index (κ2) is 5.49. The first-order chi connectivity index (χ1) is 7.17. The number of allylic oxidation sites excluding steroid dienone is 1. The Labute approximate surface area is 95.9 Å². The summed E-state index contributed by atoms with van der Waals surface area (Å²) in [7, 11) is 0. The summed E-state index contributed by atoms with van der Waals surface area (Å²) >= 11 is 0. The van der Waals surface area contributed by atoms with Crippen LogP contribution in [-0.2, 0) is 19.1 Å². The van der Waals surface area contributed by atoms with Crippen molar-refractivity contribution in [2.45, 2.75) is 40.2 Å². The molecule has 0 fully saturated rings. The van der Waals surface area contributed by atoms with Crippen LogP contribution in [0.15, 0.2) is 24.0 Å². The highest BCUT2D eigenvalue weighted by molar-refractivity contribution is 5.93. The summed E-state index contributed by atoms with van der Waals surface area (Å²) < 4.78 is 9.91. The molecule has 0 saturated carbocycles. The summed E-state index contributed by atoms with van der Waals surface area (Å²) in [5, 5.41) is 0. The van der Waals surface area contributed by atoms with Crippen LogP contribution in [0, 0.1) is 0 Å². The smallest absolute Gasteiger partial charge is 0.341 e. The van der Waals surface area contributed by atoms with E-state index in [4.69, 9.17) is 9.47 Å². The molecule has 90 valence electrons. The molecule has 0 aliphatic heterocycles. The summed E-state index contributed by atoms with van der Waals surface area (Å²) in [5.41, 5.74) is -0.567. The molecule has 0 unspecified atom stereocenters. The molecule has 16 heavy (non-hydrogen) atoms. The van der Waals surface area contributed by atoms with Gasteiger partial charge >= 0.3 is 11.9 Å². The van der Waals surface area contributed by atoms with Crippen LogP contribution < -0.4 is 0 Å². The zero-order valence-corrected chi connectivity index (χ0v) is 10.4. The lowest BCUT2D eigenvalue weighted by molar-refractivity contribution is -0.150. The number of hydrogen-bond donors (Lipinski definition) is 0. The van der Waals surface area contributed by atoms with E-state index in [0.717, 1.165) is 0 Å². The normalized spacial score (nSPS) is 11.9. The maximum absolute atomic E-state index is 11.6. The van der Waals surface area contributed by atoms with Gasteiger partial charge in [-0.2, -0.15) is 0 Å². The Bertz CT molecular complexity index is 331. The van der Waals surface area contributed by atoms with Crippen LogP contribution in [0.5, 0.6) is 0 Å². The number of esters is 2. The topological polar surface area (TPSA) is 52.6 Å². The molecule has 0 saturated heterocycles. The van der Waals surface area contributed by atoms with Crippen molar-refractivity contribution in [1.29, 1.82) is 0 Å². The summed E-state index contributed by atoms with van der Waals surface area (Å²) in [6.45, 7) is 11.7. The Balaban J connectivity index is 4.66. The molecule has 0 amide bonds. The minimum Gasteiger partial charge on any atom is -0.456 e. The maximum Gasteiger partial charge on any atom is 0.341 e. The minimum absolute atomic E-state index is 0.0348. The molecule has 0 aromatic rings. The van der Waals surface area contributed by atoms with Gasteiger partial charge in [0.2, 0.25) is 0 Å². The quantitative estimate of drug-likeness (QED) is 0.321. The van der Waals surface area contributed by atoms with Crippen LogP contribution in [-0.4, -0.2) is 17.5 Å². The van der Waals surface area contributed by atoms with Crippen molar-refractivity contribution >= 4 is 11.9 Å². The molecule has 0 spiro atoms. The number of carbonyl (C=O) groups excluding carboxylic acids is 2. The Kier molecular flexibility index (Phi) is 4.95. The predicted molar refractivity (Wildman–Crippen MR) is 60.5 cm³/mol. The lowest BCUT2D eigenvalue weighted by Crippen LogP contribution is -2.25. The molecule has 0 aliphatic rings. The fourth-order valence-electron chi connectivity index (χ4n) is 0.890. The van der Waals surface area contributed by atoms with Gasteiger partial charge in [0.05, 0.1) is 5.57 Å². The Morgan fingerprint density at radius 1 is 1.25 bits per heavy atom. The average Bonchev–Trinajstić information content (AvgIpc) is 2.09. The van der Waals surface area contributed by atoms with Gasteiger partial charge in [-0.3, -0.25) is 4.79 Å². The SMILES string of the molecule is C=C(C(=O)OC(C)(C)C)C(=CC)OC(C)=O. The van der Waals surface area contributed by atoms with Crippen molar-refractivity contribution < 1.29 is 19.1 Å². The van der Waals surface area contributed by atoms with Crippen LogP contribution in [0.3, 0.4) is 0 Å². The van der Waals surface area contributed by atoms with Crippen LogP contribution >= 0.6 is 0 Å². The first kappa shape index (κ1) is 14.4. The summed E-state index contributed by atoms with van der Waals surface area (Å²) in [4.78, 5) is 22.4. The molecular formula is C12H18O4. The summed E-state index contributed by atoms with van der Waals surface area (Å²) in [6.07, 6.45) is 1.49. The highest BCUT2D eigenvalue weighted by Crippen LogP contribution is 2.16. The fourth-order valence-corrected chi connectivity index (χ4v) is 0.890. The number of carbonyl (C=O) groups is 2. The van der Waals surface area contributed by atoms with Gasteiger partial charge in [0.1, 0.15) is 11.4 Å². The van der Waals surface area contributed by atoms with Crippen LogP contribution in [0.1, 0.15) is 34.6 Å². The van der Waals surface area contributed by atoms with Gasteiger partial charge in [-0.1, -0.05) is 6.58 Å². The van der Waals surface area contributed by atoms with Crippen molar-refractivity contribution in [3.05, 3.63) is 24.0 Å². The maximum atomic E-state index is 11.6. The van der Waals surface area contributed by atoms with Crippen molar-refractivity contribution in [1.82, 2.24) is 0 Å². The largest absolute Gasteiger partial charge is 0.456 e. The van der Waals surface area contributed by atoms with E-state index in [1.165, 1.54) is 13.0 Å². The van der Waals surface area contributed by atoms with Gasteiger partial charge in [0.25, 0.3) is 0 Å². The van der Waals surface area contributed by atoms with Crippen LogP contribution in [0.25, 0.3) is 0 Å². The lowest BCUT2D eigenvalue weighted by Gasteiger charge is -2.20. The zero-order chi connectivity index (χ0) is 12.9. The van der Waals surface area contributed by atoms with Crippen molar-refractivity contribution in [3.63, 3.8) is 0 Å². The third-order valence-electron chi connectivity index (χ3n) is 1.46. The number of hydrogen-bond acceptors (Lipinski definition) is 4. The fraction of sp³-hybridized carbons (Fsp3) is 0.500. The first-order valence-corrected chi connectivity index (χ1v) is 4.94. The Morgan fingerprint density at radius 2 is 1.75 bits per heavy atom. The van der Waals surface area contributed by atoms with Gasteiger partial charge in [-0.25, -0.2) is 4.79 Å². The number of rotatable bonds is 3. The van der Waals surface area contributed by atoms with Gasteiger partial charge in [0, 0.05) is 6.92 Å². The summed E-state index contributed by atoms with van der Waals surface area (Å²) in [5.74, 6) is -0.971. The molecule has 0 heterocycles. The third kappa shape index (κ3) is 5.34. The van der Waals surface area contributed by atoms with Gasteiger partial charge in [-0.05, 0) is 33.8 Å².